The van der Waals surface area contributed by atoms with Crippen molar-refractivity contribution in [1.82, 2.24) is 15.5 Å². The van der Waals surface area contributed by atoms with Crippen LogP contribution in [0, 0.1) is 0 Å². The lowest BCUT2D eigenvalue weighted by atomic mass is 9.77. The molecule has 2 N–H and O–H groups in total. The Morgan fingerprint density at radius 1 is 0.750 bits per heavy atom. The fourth-order valence-corrected chi connectivity index (χ4v) is 5.36. The maximum atomic E-state index is 5.98. The molecular weight excluding hydrogens is 410 g/mol. The Kier molecular flexibility index (Phi) is 7.23. The van der Waals surface area contributed by atoms with Crippen LogP contribution in [0.4, 0.5) is 0 Å². The van der Waals surface area contributed by atoms with E-state index >= 15 is 0 Å². The van der Waals surface area contributed by atoms with Gasteiger partial charge in [-0.25, -0.2) is 0 Å². The van der Waals surface area contributed by atoms with Crippen LogP contribution in [-0.2, 0) is 5.54 Å². The Hall–Kier alpha value is -2.69. The molecule has 3 aromatic rings. The molecule has 3 nitrogen and oxygen atoms in total. The van der Waals surface area contributed by atoms with Gasteiger partial charge in [-0.2, -0.15) is 0 Å². The van der Waals surface area contributed by atoms with E-state index in [4.69, 9.17) is 12.2 Å². The molecule has 4 rings (SSSR count). The monoisotopic (exact) mass is 443 g/mol. The maximum absolute atomic E-state index is 5.98. The van der Waals surface area contributed by atoms with Crippen molar-refractivity contribution in [2.75, 3.05) is 14.1 Å². The van der Waals surface area contributed by atoms with E-state index in [0.717, 1.165) is 23.1 Å². The topological polar surface area (TPSA) is 27.3 Å². The first-order valence-corrected chi connectivity index (χ1v) is 11.9. The Labute approximate surface area is 197 Å². The third-order valence-corrected chi connectivity index (χ3v) is 6.85. The third kappa shape index (κ3) is 4.72. The van der Waals surface area contributed by atoms with E-state index < -0.39 is 5.54 Å². The number of benzene rings is 3. The van der Waals surface area contributed by atoms with E-state index in [0.29, 0.717) is 17.2 Å². The van der Waals surface area contributed by atoms with Gasteiger partial charge in [0.25, 0.3) is 0 Å². The van der Waals surface area contributed by atoms with Crippen LogP contribution in [0.15, 0.2) is 91.0 Å². The molecule has 32 heavy (non-hydrogen) atoms. The van der Waals surface area contributed by atoms with Gasteiger partial charge in [0, 0.05) is 12.1 Å². The molecule has 0 aromatic heterocycles. The van der Waals surface area contributed by atoms with Gasteiger partial charge >= 0.3 is 0 Å². The second-order valence-electron chi connectivity index (χ2n) is 8.87. The molecule has 1 aliphatic carbocycles. The highest BCUT2D eigenvalue weighted by Crippen LogP contribution is 2.36. The predicted molar refractivity (Wildman–Crippen MR) is 138 cm³/mol. The fraction of sp³-hybridized carbons (Fsp3) is 0.321. The van der Waals surface area contributed by atoms with Gasteiger partial charge in [-0.1, -0.05) is 104 Å². The van der Waals surface area contributed by atoms with Crippen molar-refractivity contribution < 1.29 is 0 Å². The molecule has 0 amide bonds. The number of rotatable bonds is 6. The second kappa shape index (κ2) is 10.3. The summed E-state index contributed by atoms with van der Waals surface area (Å²) in [6.07, 6.45) is 4.86. The molecule has 0 unspecified atom stereocenters. The Morgan fingerprint density at radius 2 is 1.19 bits per heavy atom. The van der Waals surface area contributed by atoms with Gasteiger partial charge in [-0.15, -0.1) is 0 Å². The van der Waals surface area contributed by atoms with Gasteiger partial charge in [0.1, 0.15) is 5.54 Å². The van der Waals surface area contributed by atoms with E-state index in [1.807, 2.05) is 0 Å². The van der Waals surface area contributed by atoms with Crippen LogP contribution < -0.4 is 10.6 Å². The zero-order valence-corrected chi connectivity index (χ0v) is 19.8. The molecule has 0 aliphatic heterocycles. The largest absolute Gasteiger partial charge is 0.358 e. The molecule has 1 saturated carbocycles. The summed E-state index contributed by atoms with van der Waals surface area (Å²) in [5.41, 5.74) is 2.90. The summed E-state index contributed by atoms with van der Waals surface area (Å²) in [4.78, 5) is 2.33. The second-order valence-corrected chi connectivity index (χ2v) is 9.28. The first-order chi connectivity index (χ1) is 15.6. The molecule has 3 aromatic carbocycles. The van der Waals surface area contributed by atoms with E-state index in [1.54, 1.807) is 0 Å². The molecule has 0 heterocycles. The van der Waals surface area contributed by atoms with Gasteiger partial charge in [0.15, 0.2) is 5.11 Å². The average molecular weight is 444 g/mol. The number of nitrogens with one attached hydrogen (secondary N) is 2. The van der Waals surface area contributed by atoms with Crippen LogP contribution in [0.2, 0.25) is 0 Å². The lowest BCUT2D eigenvalue weighted by molar-refractivity contribution is 0.189. The minimum Gasteiger partial charge on any atom is -0.358 e. The summed E-state index contributed by atoms with van der Waals surface area (Å²) in [6, 6.07) is 32.7. The fourth-order valence-electron chi connectivity index (χ4n) is 5.05. The number of hydrogen-bond acceptors (Lipinski definition) is 2. The van der Waals surface area contributed by atoms with Crippen molar-refractivity contribution in [2.45, 2.75) is 43.3 Å². The first kappa shape index (κ1) is 22.5. The van der Waals surface area contributed by atoms with E-state index in [9.17, 15) is 0 Å². The highest BCUT2D eigenvalue weighted by atomic mass is 32.1. The smallest absolute Gasteiger partial charge is 0.167 e. The van der Waals surface area contributed by atoms with Crippen LogP contribution in [-0.4, -0.2) is 36.2 Å². The summed E-state index contributed by atoms with van der Waals surface area (Å²) < 4.78 is 0. The molecule has 1 fully saturated rings. The maximum Gasteiger partial charge on any atom is 0.167 e. The zero-order chi connectivity index (χ0) is 22.4. The summed E-state index contributed by atoms with van der Waals surface area (Å²) in [5, 5.41) is 8.18. The van der Waals surface area contributed by atoms with E-state index in [-0.39, 0.29) is 0 Å². The number of hydrogen-bond donors (Lipinski definition) is 2. The molecule has 166 valence electrons. The van der Waals surface area contributed by atoms with Crippen molar-refractivity contribution in [1.29, 1.82) is 0 Å². The van der Waals surface area contributed by atoms with E-state index in [1.165, 1.54) is 19.3 Å². The standard InChI is InChI=1S/C28H33N3S/c1-31(2)26-21-13-12-20-25(26)29-27(32)30-28(22-14-6-3-7-15-22,23-16-8-4-9-17-23)24-18-10-5-11-19-24/h3-11,14-19,25-26H,12-13,20-21H2,1-2H3,(H2,29,30,32)/t25-,26-/m0/s1. The molecular formula is C28H33N3S. The zero-order valence-electron chi connectivity index (χ0n) is 19.0. The molecule has 4 heteroatoms. The molecule has 1 aliphatic rings. The van der Waals surface area contributed by atoms with Crippen molar-refractivity contribution in [3.05, 3.63) is 108 Å². The predicted octanol–water partition coefficient (Wildman–Crippen LogP) is 5.32. The van der Waals surface area contributed by atoms with Crippen molar-refractivity contribution in [3.8, 4) is 0 Å². The normalized spacial score (nSPS) is 18.8. The lowest BCUT2D eigenvalue weighted by Crippen LogP contribution is -2.57. The third-order valence-electron chi connectivity index (χ3n) is 6.63. The number of thiocarbonyl (C=S) groups is 1. The molecule has 0 spiro atoms. The quantitative estimate of drug-likeness (QED) is 0.399. The SMILES string of the molecule is CN(C)[C@H]1CCCC[C@@H]1NC(=S)NC(c1ccccc1)(c1ccccc1)c1ccccc1. The van der Waals surface area contributed by atoms with Crippen molar-refractivity contribution >= 4 is 17.3 Å². The Bertz CT molecular complexity index is 892. The summed E-state index contributed by atoms with van der Waals surface area (Å²) in [5.74, 6) is 0. The molecule has 0 saturated heterocycles. The first-order valence-electron chi connectivity index (χ1n) is 11.5. The van der Waals surface area contributed by atoms with Gasteiger partial charge < -0.3 is 15.5 Å². The van der Waals surface area contributed by atoms with Crippen LogP contribution in [0.1, 0.15) is 42.4 Å². The Morgan fingerprint density at radius 3 is 1.62 bits per heavy atom. The summed E-state index contributed by atoms with van der Waals surface area (Å²) >= 11 is 5.98. The van der Waals surface area contributed by atoms with Gasteiger partial charge in [0.05, 0.1) is 0 Å². The van der Waals surface area contributed by atoms with Gasteiger partial charge in [-0.3, -0.25) is 0 Å². The Balaban J connectivity index is 1.75. The van der Waals surface area contributed by atoms with Crippen LogP contribution >= 0.6 is 12.2 Å². The number of likely N-dealkylation sites (N-methyl/N-ethyl adjacent to an activating group) is 1. The van der Waals surface area contributed by atoms with Gasteiger partial charge in [0.2, 0.25) is 0 Å². The molecule has 0 radical (unpaired) electrons. The highest BCUT2D eigenvalue weighted by Gasteiger charge is 2.38. The van der Waals surface area contributed by atoms with Crippen LogP contribution in [0.3, 0.4) is 0 Å². The van der Waals surface area contributed by atoms with Gasteiger partial charge in [-0.05, 0) is 55.8 Å². The number of nitrogens with zero attached hydrogens (tertiary/aromatic N) is 1. The van der Waals surface area contributed by atoms with Crippen molar-refractivity contribution in [2.24, 2.45) is 0 Å². The molecule has 2 atom stereocenters. The highest BCUT2D eigenvalue weighted by molar-refractivity contribution is 7.80. The van der Waals surface area contributed by atoms with E-state index in [2.05, 4.69) is 121 Å². The summed E-state index contributed by atoms with van der Waals surface area (Å²) in [7, 11) is 4.34. The minimum absolute atomic E-state index is 0.346. The molecule has 0 bridgehead atoms. The van der Waals surface area contributed by atoms with Crippen LogP contribution in [0.25, 0.3) is 0 Å². The average Bonchev–Trinajstić information content (AvgIpc) is 2.84. The lowest BCUT2D eigenvalue weighted by Gasteiger charge is -2.41. The summed E-state index contributed by atoms with van der Waals surface area (Å²) in [6.45, 7) is 0. The minimum atomic E-state index is -0.587. The van der Waals surface area contributed by atoms with Crippen LogP contribution in [0.5, 0.6) is 0 Å². The van der Waals surface area contributed by atoms with Crippen molar-refractivity contribution in [3.63, 3.8) is 0 Å².